The molecule has 0 aromatic rings. The van der Waals surface area contributed by atoms with Crippen LogP contribution in [0.5, 0.6) is 0 Å². The lowest BCUT2D eigenvalue weighted by Crippen LogP contribution is -2.54. The van der Waals surface area contributed by atoms with Crippen molar-refractivity contribution in [2.75, 3.05) is 0 Å². The fraction of sp³-hybridized carbons (Fsp3) is 1.00. The second-order valence-corrected chi connectivity index (χ2v) is 8.14. The van der Waals surface area contributed by atoms with Crippen molar-refractivity contribution >= 4 is 0 Å². The quantitative estimate of drug-likeness (QED) is 0.736. The van der Waals surface area contributed by atoms with Crippen LogP contribution in [0.4, 0.5) is 0 Å². The van der Waals surface area contributed by atoms with E-state index in [1.165, 1.54) is 0 Å². The lowest BCUT2D eigenvalue weighted by molar-refractivity contribution is -0.299. The zero-order chi connectivity index (χ0) is 17.3. The topological polar surface area (TPSA) is 27.7 Å². The van der Waals surface area contributed by atoms with Gasteiger partial charge in [0, 0.05) is 5.92 Å². The van der Waals surface area contributed by atoms with E-state index in [4.69, 9.17) is 14.2 Å². The second-order valence-electron chi connectivity index (χ2n) is 8.14. The first-order valence-electron chi connectivity index (χ1n) is 9.78. The molecule has 5 unspecified atom stereocenters. The Morgan fingerprint density at radius 2 is 1.26 bits per heavy atom. The summed E-state index contributed by atoms with van der Waals surface area (Å²) in [6, 6.07) is 0. The molecule has 2 aliphatic rings. The maximum Gasteiger partial charge on any atom is 0.161 e. The molecular formula is C20H38O3. The Morgan fingerprint density at radius 1 is 0.652 bits per heavy atom. The molecule has 2 aliphatic heterocycles. The molecule has 10 atom stereocenters. The van der Waals surface area contributed by atoms with E-state index >= 15 is 0 Å². The number of hydrogen-bond acceptors (Lipinski definition) is 3. The normalized spacial score (nSPS) is 51.7. The van der Waals surface area contributed by atoms with Gasteiger partial charge < -0.3 is 14.2 Å². The van der Waals surface area contributed by atoms with E-state index in [1.807, 2.05) is 0 Å². The van der Waals surface area contributed by atoms with E-state index < -0.39 is 0 Å². The number of ether oxygens (including phenoxy) is 3. The van der Waals surface area contributed by atoms with Crippen molar-refractivity contribution in [1.82, 2.24) is 0 Å². The molecule has 0 aromatic carbocycles. The third kappa shape index (κ3) is 3.77. The van der Waals surface area contributed by atoms with Crippen LogP contribution in [-0.4, -0.2) is 30.7 Å². The molecule has 0 aliphatic carbocycles. The lowest BCUT2D eigenvalue weighted by Gasteiger charge is -2.48. The van der Waals surface area contributed by atoms with Crippen molar-refractivity contribution in [3.05, 3.63) is 0 Å². The Kier molecular flexibility index (Phi) is 6.55. The van der Waals surface area contributed by atoms with E-state index in [1.54, 1.807) is 0 Å². The van der Waals surface area contributed by atoms with Crippen LogP contribution in [0.2, 0.25) is 0 Å². The molecule has 23 heavy (non-hydrogen) atoms. The monoisotopic (exact) mass is 326 g/mol. The first kappa shape index (κ1) is 19.2. The molecule has 0 amide bonds. The summed E-state index contributed by atoms with van der Waals surface area (Å²) < 4.78 is 19.2. The molecule has 0 N–H and O–H groups in total. The summed E-state index contributed by atoms with van der Waals surface area (Å²) in [6.07, 6.45) is 2.88. The molecule has 3 heteroatoms. The van der Waals surface area contributed by atoms with Gasteiger partial charge in [0.05, 0.1) is 24.4 Å². The summed E-state index contributed by atoms with van der Waals surface area (Å²) in [5.41, 5.74) is 0. The molecule has 0 bridgehead atoms. The van der Waals surface area contributed by atoms with Crippen LogP contribution in [0.1, 0.15) is 68.2 Å². The second kappa shape index (κ2) is 7.84. The molecule has 136 valence electrons. The Balaban J connectivity index is 2.11. The third-order valence-corrected chi connectivity index (χ3v) is 6.92. The molecule has 3 nitrogen and oxygen atoms in total. The van der Waals surface area contributed by atoms with Crippen molar-refractivity contribution in [3.8, 4) is 0 Å². The van der Waals surface area contributed by atoms with E-state index in [0.717, 1.165) is 12.8 Å². The van der Waals surface area contributed by atoms with Gasteiger partial charge in [-0.25, -0.2) is 0 Å². The van der Waals surface area contributed by atoms with Crippen LogP contribution in [0.25, 0.3) is 0 Å². The molecular weight excluding hydrogens is 288 g/mol. The largest absolute Gasteiger partial charge is 0.372 e. The predicted molar refractivity (Wildman–Crippen MR) is 94.3 cm³/mol. The Morgan fingerprint density at radius 3 is 1.83 bits per heavy atom. The Labute approximate surface area is 143 Å². The van der Waals surface area contributed by atoms with Crippen LogP contribution in [0.3, 0.4) is 0 Å². The van der Waals surface area contributed by atoms with Crippen molar-refractivity contribution in [2.24, 2.45) is 29.6 Å². The average Bonchev–Trinajstić information content (AvgIpc) is 2.55. The summed E-state index contributed by atoms with van der Waals surface area (Å²) in [5.74, 6) is 2.65. The van der Waals surface area contributed by atoms with Crippen LogP contribution in [0, 0.1) is 29.6 Å². The first-order chi connectivity index (χ1) is 10.8. The summed E-state index contributed by atoms with van der Waals surface area (Å²) in [4.78, 5) is 0. The zero-order valence-corrected chi connectivity index (χ0v) is 16.4. The Hall–Kier alpha value is -0.120. The summed E-state index contributed by atoms with van der Waals surface area (Å²) in [5, 5.41) is 0. The lowest BCUT2D eigenvalue weighted by atomic mass is 9.77. The minimum Gasteiger partial charge on any atom is -0.372 e. The van der Waals surface area contributed by atoms with E-state index in [2.05, 4.69) is 55.4 Å². The molecule has 0 radical (unpaired) electrons. The fourth-order valence-electron chi connectivity index (χ4n) is 4.35. The van der Waals surface area contributed by atoms with E-state index in [9.17, 15) is 0 Å². The first-order valence-corrected chi connectivity index (χ1v) is 9.78. The van der Waals surface area contributed by atoms with Gasteiger partial charge in [0.15, 0.2) is 6.29 Å². The molecule has 0 aromatic heterocycles. The minimum atomic E-state index is -0.100. The van der Waals surface area contributed by atoms with Crippen molar-refractivity contribution < 1.29 is 14.2 Å². The van der Waals surface area contributed by atoms with Crippen LogP contribution >= 0.6 is 0 Å². The maximum atomic E-state index is 6.58. The van der Waals surface area contributed by atoms with Gasteiger partial charge in [-0.3, -0.25) is 0 Å². The van der Waals surface area contributed by atoms with E-state index in [0.29, 0.717) is 41.8 Å². The van der Waals surface area contributed by atoms with Gasteiger partial charge in [0.25, 0.3) is 0 Å². The third-order valence-electron chi connectivity index (χ3n) is 6.92. The highest BCUT2D eigenvalue weighted by Gasteiger charge is 2.45. The molecule has 0 saturated carbocycles. The smallest absolute Gasteiger partial charge is 0.161 e. The van der Waals surface area contributed by atoms with Crippen molar-refractivity contribution in [3.63, 3.8) is 0 Å². The minimum absolute atomic E-state index is 0.100. The highest BCUT2D eigenvalue weighted by molar-refractivity contribution is 4.89. The van der Waals surface area contributed by atoms with Crippen LogP contribution < -0.4 is 0 Å². The number of rotatable bonds is 4. The van der Waals surface area contributed by atoms with Gasteiger partial charge in [-0.1, -0.05) is 48.5 Å². The summed E-state index contributed by atoms with van der Waals surface area (Å²) in [6.45, 7) is 18.1. The highest BCUT2D eigenvalue weighted by Crippen LogP contribution is 2.40. The Bertz CT molecular complexity index is 368. The maximum absolute atomic E-state index is 6.58. The molecule has 2 fully saturated rings. The standard InChI is InChI=1S/C20H38O3/c1-9-17-13(5)11(3)15(7)20(22-17)23-19-14(6)12(4)16(8)21-18(19)10-2/h11-20H,9-10H2,1-8H3/t11?,12?,13-,14-,15?,16?,17+,18?,19+,20+/m1/s1. The van der Waals surface area contributed by atoms with Gasteiger partial charge in [-0.05, 0) is 43.4 Å². The van der Waals surface area contributed by atoms with Crippen molar-refractivity contribution in [2.45, 2.75) is 98.9 Å². The summed E-state index contributed by atoms with van der Waals surface area (Å²) >= 11 is 0. The van der Waals surface area contributed by atoms with Gasteiger partial charge in [0.1, 0.15) is 0 Å². The van der Waals surface area contributed by atoms with E-state index in [-0.39, 0.29) is 18.5 Å². The summed E-state index contributed by atoms with van der Waals surface area (Å²) in [7, 11) is 0. The zero-order valence-electron chi connectivity index (χ0n) is 16.4. The van der Waals surface area contributed by atoms with Crippen LogP contribution in [0.15, 0.2) is 0 Å². The van der Waals surface area contributed by atoms with Crippen LogP contribution in [-0.2, 0) is 14.2 Å². The van der Waals surface area contributed by atoms with Gasteiger partial charge in [0.2, 0.25) is 0 Å². The van der Waals surface area contributed by atoms with Gasteiger partial charge >= 0.3 is 0 Å². The fourth-order valence-corrected chi connectivity index (χ4v) is 4.35. The average molecular weight is 327 g/mol. The highest BCUT2D eigenvalue weighted by atomic mass is 16.7. The van der Waals surface area contributed by atoms with Gasteiger partial charge in [-0.2, -0.15) is 0 Å². The SMILES string of the molecule is CCC1OC(C)C(C)[C@@H](C)[C@@H]1O[C@@H]1O[C@@H](CC)[C@H](C)C(C)C1C. The molecule has 2 saturated heterocycles. The van der Waals surface area contributed by atoms with Crippen molar-refractivity contribution in [1.29, 1.82) is 0 Å². The molecule has 2 rings (SSSR count). The molecule has 2 heterocycles. The molecule has 0 spiro atoms. The van der Waals surface area contributed by atoms with Gasteiger partial charge in [-0.15, -0.1) is 0 Å². The number of hydrogen-bond donors (Lipinski definition) is 0. The predicted octanol–water partition coefficient (Wildman–Crippen LogP) is 4.88.